The van der Waals surface area contributed by atoms with Gasteiger partial charge in [0.2, 0.25) is 10.0 Å². The van der Waals surface area contributed by atoms with Crippen molar-refractivity contribution in [3.8, 4) is 5.75 Å². The summed E-state index contributed by atoms with van der Waals surface area (Å²) in [4.78, 5) is 22.5. The van der Waals surface area contributed by atoms with Gasteiger partial charge in [0.15, 0.2) is 0 Å². The smallest absolute Gasteiger partial charge is 0.487 e. The van der Waals surface area contributed by atoms with Crippen molar-refractivity contribution in [2.75, 3.05) is 40.3 Å². The van der Waals surface area contributed by atoms with Gasteiger partial charge in [-0.05, 0) is 51.6 Å². The Bertz CT molecular complexity index is 1360. The summed E-state index contributed by atoms with van der Waals surface area (Å²) in [5.74, 6) is -5.03. The highest BCUT2D eigenvalue weighted by molar-refractivity contribution is 7.89. The van der Waals surface area contributed by atoms with E-state index in [1.807, 2.05) is 25.1 Å². The molecule has 1 saturated heterocycles. The zero-order valence-corrected chi connectivity index (χ0v) is 25.5. The molecule has 2 N–H and O–H groups in total. The highest BCUT2D eigenvalue weighted by Gasteiger charge is 2.43. The summed E-state index contributed by atoms with van der Waals surface area (Å²) in [5.41, 5.74) is 2.55. The molecule has 0 bridgehead atoms. The lowest BCUT2D eigenvalue weighted by molar-refractivity contribution is -0.193. The average Bonchev–Trinajstić information content (AvgIpc) is 3.16. The van der Waals surface area contributed by atoms with E-state index in [4.69, 9.17) is 24.5 Å². The van der Waals surface area contributed by atoms with Crippen LogP contribution >= 0.6 is 0 Å². The molecule has 0 unspecified atom stereocenters. The maximum atomic E-state index is 13.6. The molecule has 0 radical (unpaired) electrons. The van der Waals surface area contributed by atoms with Crippen LogP contribution in [-0.2, 0) is 26.2 Å². The average molecular weight is 672 g/mol. The Morgan fingerprint density at radius 3 is 1.93 bits per heavy atom. The summed E-state index contributed by atoms with van der Waals surface area (Å²) < 4.78 is 98.8. The largest absolute Gasteiger partial charge is 0.490 e. The quantitative estimate of drug-likeness (QED) is 0.449. The molecule has 2 aromatic rings. The van der Waals surface area contributed by atoms with E-state index in [0.29, 0.717) is 23.7 Å². The molecular weight excluding hydrogens is 636 g/mol. The van der Waals surface area contributed by atoms with Crippen LogP contribution in [-0.4, -0.2) is 109 Å². The molecule has 45 heavy (non-hydrogen) atoms. The molecule has 0 aliphatic carbocycles. The zero-order valence-electron chi connectivity index (χ0n) is 24.7. The van der Waals surface area contributed by atoms with E-state index in [0.717, 1.165) is 32.5 Å². The summed E-state index contributed by atoms with van der Waals surface area (Å²) in [7, 11) is 0.330. The number of carboxylic acid groups (broad SMARTS) is 2. The lowest BCUT2D eigenvalue weighted by Crippen LogP contribution is -2.49. The van der Waals surface area contributed by atoms with Gasteiger partial charge >= 0.3 is 24.3 Å². The standard InChI is InChI=1S/C24H33N3O3S.2C2HF3O2/c1-19-8-10-20(11-9-19)18-26-14-12-21-22(13-15-26)30-23-6-4-5-7-24(23)31(28,29)27(21)17-16-25(2)3;2*3-2(4,5)1(6)7/h4-11,21-22H,12-18H2,1-3H3;2*(H,6,7)/t21-,22-;;/m0../s1. The first kappa shape index (κ1) is 37.8. The van der Waals surface area contributed by atoms with Crippen molar-refractivity contribution in [1.82, 2.24) is 14.1 Å². The summed E-state index contributed by atoms with van der Waals surface area (Å²) in [5, 5.41) is 14.2. The molecule has 4 rings (SSSR count). The summed E-state index contributed by atoms with van der Waals surface area (Å²) >= 11 is 0. The number of para-hydroxylation sites is 1. The van der Waals surface area contributed by atoms with E-state index in [-0.39, 0.29) is 12.1 Å². The van der Waals surface area contributed by atoms with Crippen molar-refractivity contribution in [2.24, 2.45) is 0 Å². The molecule has 0 aromatic heterocycles. The third kappa shape index (κ3) is 11.5. The predicted molar refractivity (Wildman–Crippen MR) is 150 cm³/mol. The SMILES string of the molecule is Cc1ccc(CN2CC[C@@H]3Oc4ccccc4S(=O)(=O)N(CCN(C)C)[C@H]3CC2)cc1.O=C(O)C(F)(F)F.O=C(O)C(F)(F)F. The molecule has 17 heteroatoms. The zero-order chi connectivity index (χ0) is 34.2. The fourth-order valence-electron chi connectivity index (χ4n) is 4.50. The number of sulfonamides is 1. The minimum Gasteiger partial charge on any atom is -0.487 e. The van der Waals surface area contributed by atoms with Crippen molar-refractivity contribution in [2.45, 2.75) is 55.7 Å². The Balaban J connectivity index is 0.000000421. The molecule has 2 aromatic carbocycles. The third-order valence-electron chi connectivity index (χ3n) is 6.76. The van der Waals surface area contributed by atoms with Gasteiger partial charge in [-0.25, -0.2) is 18.0 Å². The number of aryl methyl sites for hydroxylation is 1. The summed E-state index contributed by atoms with van der Waals surface area (Å²) in [6, 6.07) is 15.6. The van der Waals surface area contributed by atoms with Crippen LogP contribution in [0.2, 0.25) is 0 Å². The number of benzene rings is 2. The molecule has 2 heterocycles. The second-order valence-corrected chi connectivity index (χ2v) is 12.4. The number of likely N-dealkylation sites (tertiary alicyclic amines) is 1. The van der Waals surface area contributed by atoms with Crippen molar-refractivity contribution < 1.29 is 59.3 Å². The number of carbonyl (C=O) groups is 2. The first-order valence-corrected chi connectivity index (χ1v) is 15.0. The van der Waals surface area contributed by atoms with Crippen LogP contribution in [0.1, 0.15) is 24.0 Å². The molecule has 2 aliphatic heterocycles. The lowest BCUT2D eigenvalue weighted by atomic mass is 10.1. The first-order valence-electron chi connectivity index (χ1n) is 13.5. The van der Waals surface area contributed by atoms with E-state index in [9.17, 15) is 34.8 Å². The Labute approximate surface area is 256 Å². The topological polar surface area (TPSA) is 128 Å². The Kier molecular flexibility index (Phi) is 13.2. The van der Waals surface area contributed by atoms with Crippen molar-refractivity contribution in [3.05, 3.63) is 59.7 Å². The van der Waals surface area contributed by atoms with Crippen molar-refractivity contribution in [1.29, 1.82) is 0 Å². The minimum absolute atomic E-state index is 0.149. The monoisotopic (exact) mass is 671 g/mol. The van der Waals surface area contributed by atoms with Gasteiger partial charge in [0.05, 0.1) is 6.04 Å². The third-order valence-corrected chi connectivity index (χ3v) is 8.73. The van der Waals surface area contributed by atoms with E-state index in [2.05, 4.69) is 36.1 Å². The number of hydrogen-bond acceptors (Lipinski definition) is 7. The fraction of sp³-hybridized carbons (Fsp3) is 0.500. The van der Waals surface area contributed by atoms with Gasteiger partial charge in [-0.3, -0.25) is 4.90 Å². The number of fused-ring (bicyclic) bond motifs is 2. The van der Waals surface area contributed by atoms with Crippen LogP contribution in [0, 0.1) is 6.92 Å². The number of ether oxygens (including phenoxy) is 1. The highest BCUT2D eigenvalue weighted by atomic mass is 32.2. The van der Waals surface area contributed by atoms with Crippen LogP contribution in [0.3, 0.4) is 0 Å². The van der Waals surface area contributed by atoms with E-state index in [1.54, 1.807) is 22.5 Å². The molecule has 0 saturated carbocycles. The van der Waals surface area contributed by atoms with E-state index >= 15 is 0 Å². The number of halogens is 6. The van der Waals surface area contributed by atoms with Gasteiger partial charge in [-0.15, -0.1) is 0 Å². The molecule has 0 amide bonds. The van der Waals surface area contributed by atoms with Gasteiger partial charge in [-0.2, -0.15) is 30.6 Å². The molecule has 0 spiro atoms. The number of nitrogens with zero attached hydrogens (tertiary/aromatic N) is 3. The van der Waals surface area contributed by atoms with Crippen LogP contribution in [0.5, 0.6) is 5.75 Å². The van der Waals surface area contributed by atoms with Crippen LogP contribution in [0.4, 0.5) is 26.3 Å². The number of carboxylic acids is 2. The molecule has 2 aliphatic rings. The second-order valence-electron chi connectivity index (χ2n) is 10.5. The highest BCUT2D eigenvalue weighted by Crippen LogP contribution is 2.36. The first-order chi connectivity index (χ1) is 20.7. The Hall–Kier alpha value is -3.41. The summed E-state index contributed by atoms with van der Waals surface area (Å²) in [6.45, 7) is 5.85. The van der Waals surface area contributed by atoms with Gasteiger partial charge in [0.1, 0.15) is 16.7 Å². The number of rotatable bonds is 5. The lowest BCUT2D eigenvalue weighted by Gasteiger charge is -2.32. The van der Waals surface area contributed by atoms with Gasteiger partial charge in [0, 0.05) is 32.7 Å². The molecule has 252 valence electrons. The Morgan fingerprint density at radius 2 is 1.42 bits per heavy atom. The minimum atomic E-state index is -5.08. The fourth-order valence-corrected chi connectivity index (χ4v) is 6.30. The molecule has 2 atom stereocenters. The Morgan fingerprint density at radius 1 is 0.911 bits per heavy atom. The number of alkyl halides is 6. The summed E-state index contributed by atoms with van der Waals surface area (Å²) in [6.07, 6.45) is -8.75. The van der Waals surface area contributed by atoms with Crippen LogP contribution in [0.25, 0.3) is 0 Å². The van der Waals surface area contributed by atoms with Gasteiger partial charge in [-0.1, -0.05) is 42.0 Å². The molecule has 10 nitrogen and oxygen atoms in total. The normalized spacial score (nSPS) is 20.0. The molecule has 1 fully saturated rings. The van der Waals surface area contributed by atoms with Crippen molar-refractivity contribution >= 4 is 22.0 Å². The number of likely N-dealkylation sites (N-methyl/N-ethyl adjacent to an activating group) is 1. The molecular formula is C28H35F6N3O7S. The van der Waals surface area contributed by atoms with Crippen molar-refractivity contribution in [3.63, 3.8) is 0 Å². The predicted octanol–water partition coefficient (Wildman–Crippen LogP) is 4.24. The maximum absolute atomic E-state index is 13.6. The number of aliphatic carboxylic acids is 2. The van der Waals surface area contributed by atoms with Gasteiger partial charge < -0.3 is 19.8 Å². The van der Waals surface area contributed by atoms with E-state index in [1.165, 1.54) is 11.1 Å². The van der Waals surface area contributed by atoms with Gasteiger partial charge in [0.25, 0.3) is 0 Å². The number of hydrogen-bond donors (Lipinski definition) is 2. The second kappa shape index (κ2) is 15.7. The maximum Gasteiger partial charge on any atom is 0.490 e. The van der Waals surface area contributed by atoms with Crippen LogP contribution in [0.15, 0.2) is 53.4 Å². The van der Waals surface area contributed by atoms with E-state index < -0.39 is 34.3 Å². The van der Waals surface area contributed by atoms with Crippen LogP contribution < -0.4 is 4.74 Å².